The van der Waals surface area contributed by atoms with E-state index in [9.17, 15) is 22.3 Å². The number of aliphatic hydroxyl groups excluding tert-OH is 1. The van der Waals surface area contributed by atoms with Gasteiger partial charge in [-0.15, -0.1) is 0 Å². The second-order valence-electron chi connectivity index (χ2n) is 10.6. The van der Waals surface area contributed by atoms with E-state index in [1.807, 2.05) is 10.9 Å². The number of sulfonamides is 1. The maximum absolute atomic E-state index is 13.7. The second kappa shape index (κ2) is 8.46. The van der Waals surface area contributed by atoms with E-state index in [0.29, 0.717) is 0 Å². The van der Waals surface area contributed by atoms with Crippen LogP contribution in [0.3, 0.4) is 0 Å². The molecule has 3 aliphatic carbocycles. The van der Waals surface area contributed by atoms with E-state index >= 15 is 0 Å². The number of halogens is 3. The highest BCUT2D eigenvalue weighted by Gasteiger charge is 2.72. The van der Waals surface area contributed by atoms with Crippen molar-refractivity contribution in [3.05, 3.63) is 82.1 Å². The van der Waals surface area contributed by atoms with Crippen molar-refractivity contribution in [1.29, 1.82) is 0 Å². The van der Waals surface area contributed by atoms with Crippen LogP contribution in [0.15, 0.2) is 59.1 Å². The minimum Gasteiger partial charge on any atom is -0.392 e. The lowest BCUT2D eigenvalue weighted by Crippen LogP contribution is -2.41. The minimum absolute atomic E-state index is 0.0675. The third-order valence-electron chi connectivity index (χ3n) is 8.25. The molecule has 0 amide bonds. The molecule has 2 fully saturated rings. The lowest BCUT2D eigenvalue weighted by Gasteiger charge is -2.30. The van der Waals surface area contributed by atoms with Crippen molar-refractivity contribution in [2.75, 3.05) is 13.1 Å². The highest BCUT2D eigenvalue weighted by atomic mass is 35.5. The fourth-order valence-electron chi connectivity index (χ4n) is 6.41. The van der Waals surface area contributed by atoms with Crippen LogP contribution in [0.4, 0.5) is 8.78 Å². The Morgan fingerprint density at radius 2 is 1.97 bits per heavy atom. The summed E-state index contributed by atoms with van der Waals surface area (Å²) in [4.78, 5) is -0.0917. The summed E-state index contributed by atoms with van der Waals surface area (Å²) in [6, 6.07) is 9.59. The predicted molar refractivity (Wildman–Crippen MR) is 136 cm³/mol. The molecule has 0 bridgehead atoms. The molecule has 6 rings (SSSR count). The van der Waals surface area contributed by atoms with Crippen LogP contribution in [-0.2, 0) is 16.4 Å². The van der Waals surface area contributed by atoms with Crippen LogP contribution in [-0.4, -0.2) is 46.8 Å². The van der Waals surface area contributed by atoms with Crippen molar-refractivity contribution in [3.8, 4) is 5.69 Å². The van der Waals surface area contributed by atoms with Gasteiger partial charge in [0.25, 0.3) is 0 Å². The molecule has 2 saturated carbocycles. The zero-order chi connectivity index (χ0) is 26.2. The first-order valence-electron chi connectivity index (χ1n) is 12.2. The van der Waals surface area contributed by atoms with E-state index in [1.54, 1.807) is 19.1 Å². The summed E-state index contributed by atoms with van der Waals surface area (Å²) in [5, 5.41) is 14.5. The van der Waals surface area contributed by atoms with Crippen molar-refractivity contribution in [3.63, 3.8) is 0 Å². The van der Waals surface area contributed by atoms with Gasteiger partial charge in [-0.25, -0.2) is 21.9 Å². The molecule has 0 aliphatic heterocycles. The molecule has 1 heterocycles. The standard InChI is InChI=1S/C27H26ClF2N3O3S/c1-17(34)14-32(37(35,36)22-6-7-24(30)23(28)11-22)16-26-9-8-19-10-25-18(12-27(19,26)15-26)13-31-33(25)21-4-2-20(29)3-5-21/h2-7,10-11,13,17,34H,8-9,12,14-16H2,1H3/t17-,26?,27+/m0/s1. The summed E-state index contributed by atoms with van der Waals surface area (Å²) in [6.45, 7) is 1.74. The third kappa shape index (κ3) is 3.86. The van der Waals surface area contributed by atoms with Crippen LogP contribution in [0.1, 0.15) is 37.4 Å². The zero-order valence-corrected chi connectivity index (χ0v) is 21.7. The molecule has 1 unspecified atom stereocenters. The van der Waals surface area contributed by atoms with Crippen molar-refractivity contribution >= 4 is 27.7 Å². The van der Waals surface area contributed by atoms with Crippen LogP contribution < -0.4 is 0 Å². The Morgan fingerprint density at radius 3 is 2.68 bits per heavy atom. The van der Waals surface area contributed by atoms with Gasteiger partial charge in [0.2, 0.25) is 10.0 Å². The normalized spacial score (nSPS) is 24.9. The van der Waals surface area contributed by atoms with Crippen LogP contribution >= 0.6 is 11.6 Å². The number of allylic oxidation sites excluding steroid dienone is 1. The first-order chi connectivity index (χ1) is 17.5. The number of nitrogens with zero attached hydrogens (tertiary/aromatic N) is 3. The number of hydrogen-bond acceptors (Lipinski definition) is 4. The van der Waals surface area contributed by atoms with Gasteiger partial charge in [0, 0.05) is 18.5 Å². The van der Waals surface area contributed by atoms with Gasteiger partial charge in [-0.3, -0.25) is 0 Å². The van der Waals surface area contributed by atoms with E-state index in [-0.39, 0.29) is 39.7 Å². The van der Waals surface area contributed by atoms with Crippen molar-refractivity contribution in [1.82, 2.24) is 14.1 Å². The Balaban J connectivity index is 1.31. The maximum atomic E-state index is 13.7. The van der Waals surface area contributed by atoms with E-state index in [1.165, 1.54) is 28.1 Å². The molecule has 2 aromatic carbocycles. The number of aliphatic hydroxyl groups is 1. The number of fused-ring (bicyclic) bond motifs is 1. The molecule has 10 heteroatoms. The topological polar surface area (TPSA) is 75.4 Å². The average molecular weight is 546 g/mol. The van der Waals surface area contributed by atoms with Gasteiger partial charge in [0.1, 0.15) is 11.6 Å². The van der Waals surface area contributed by atoms with Gasteiger partial charge in [0.05, 0.1) is 33.6 Å². The Kier molecular flexibility index (Phi) is 5.65. The fourth-order valence-corrected chi connectivity index (χ4v) is 8.29. The van der Waals surface area contributed by atoms with Gasteiger partial charge in [-0.05, 0) is 92.1 Å². The highest BCUT2D eigenvalue weighted by molar-refractivity contribution is 7.89. The van der Waals surface area contributed by atoms with E-state index < -0.39 is 21.9 Å². The SMILES string of the molecule is C[C@H](O)CN(CC12CCC3=Cc4c(cnn4-c4ccc(F)cc4)C[C@@]31C2)S(=O)(=O)c1ccc(F)c(Cl)c1. The second-order valence-corrected chi connectivity index (χ2v) is 12.9. The van der Waals surface area contributed by atoms with Crippen molar-refractivity contribution in [2.45, 2.75) is 43.6 Å². The van der Waals surface area contributed by atoms with Crippen molar-refractivity contribution in [2.24, 2.45) is 10.8 Å². The molecule has 37 heavy (non-hydrogen) atoms. The van der Waals surface area contributed by atoms with Crippen LogP contribution in [0.2, 0.25) is 5.02 Å². The summed E-state index contributed by atoms with van der Waals surface area (Å²) in [7, 11) is -4.02. The van der Waals surface area contributed by atoms with Crippen molar-refractivity contribution < 1.29 is 22.3 Å². The van der Waals surface area contributed by atoms with Gasteiger partial charge < -0.3 is 5.11 Å². The molecule has 0 saturated heterocycles. The number of rotatable bonds is 7. The molecule has 3 atom stereocenters. The van der Waals surface area contributed by atoms with E-state index in [2.05, 4.69) is 11.2 Å². The summed E-state index contributed by atoms with van der Waals surface area (Å²) in [6.07, 6.45) is 6.41. The van der Waals surface area contributed by atoms with Gasteiger partial charge in [-0.1, -0.05) is 17.2 Å². The van der Waals surface area contributed by atoms with Crippen LogP contribution in [0.25, 0.3) is 11.8 Å². The number of aromatic nitrogens is 2. The molecule has 194 valence electrons. The lowest BCUT2D eigenvalue weighted by molar-refractivity contribution is 0.151. The number of hydrogen-bond donors (Lipinski definition) is 1. The molecule has 1 aromatic heterocycles. The molecular weight excluding hydrogens is 520 g/mol. The summed E-state index contributed by atoms with van der Waals surface area (Å²) < 4.78 is 57.5. The zero-order valence-electron chi connectivity index (χ0n) is 20.2. The molecule has 1 N–H and O–H groups in total. The predicted octanol–water partition coefficient (Wildman–Crippen LogP) is 4.99. The average Bonchev–Trinajstić information content (AvgIpc) is 3.12. The highest BCUT2D eigenvalue weighted by Crippen LogP contribution is 2.78. The molecule has 1 spiro atoms. The lowest BCUT2D eigenvalue weighted by atomic mass is 9.82. The largest absolute Gasteiger partial charge is 0.392 e. The van der Waals surface area contributed by atoms with Gasteiger partial charge in [-0.2, -0.15) is 9.40 Å². The first-order valence-corrected chi connectivity index (χ1v) is 14.0. The van der Waals surface area contributed by atoms with Gasteiger partial charge in [0.15, 0.2) is 0 Å². The number of benzene rings is 2. The molecule has 3 aromatic rings. The molecule has 3 aliphatic rings. The minimum atomic E-state index is -4.02. The molecule has 6 nitrogen and oxygen atoms in total. The monoisotopic (exact) mass is 545 g/mol. The Bertz CT molecular complexity index is 1540. The Labute approximate surface area is 219 Å². The fraction of sp³-hybridized carbons (Fsp3) is 0.370. The smallest absolute Gasteiger partial charge is 0.243 e. The van der Waals surface area contributed by atoms with Gasteiger partial charge >= 0.3 is 0 Å². The first kappa shape index (κ1) is 24.7. The maximum Gasteiger partial charge on any atom is 0.243 e. The van der Waals surface area contributed by atoms with Crippen LogP contribution in [0.5, 0.6) is 0 Å². The third-order valence-corrected chi connectivity index (χ3v) is 10.4. The summed E-state index contributed by atoms with van der Waals surface area (Å²) in [5.41, 5.74) is 3.71. The van der Waals surface area contributed by atoms with E-state index in [0.717, 1.165) is 54.8 Å². The summed E-state index contributed by atoms with van der Waals surface area (Å²) in [5.74, 6) is -0.993. The van der Waals surface area contributed by atoms with E-state index in [4.69, 9.17) is 11.6 Å². The van der Waals surface area contributed by atoms with Crippen LogP contribution in [0, 0.1) is 22.5 Å². The quantitative estimate of drug-likeness (QED) is 0.454. The molecular formula is C27H26ClF2N3O3S. The Hall–Kier alpha value is -2.59. The molecule has 0 radical (unpaired) electrons. The summed E-state index contributed by atoms with van der Waals surface area (Å²) >= 11 is 5.89. The Morgan fingerprint density at radius 1 is 1.22 bits per heavy atom.